The summed E-state index contributed by atoms with van der Waals surface area (Å²) in [5, 5.41) is 10.5. The summed E-state index contributed by atoms with van der Waals surface area (Å²) in [6.07, 6.45) is 1.79. The summed E-state index contributed by atoms with van der Waals surface area (Å²) >= 11 is 1.23. The van der Waals surface area contributed by atoms with Crippen molar-refractivity contribution in [2.45, 2.75) is 19.4 Å². The van der Waals surface area contributed by atoms with Crippen LogP contribution in [0.1, 0.15) is 27.9 Å². The molecule has 7 nitrogen and oxygen atoms in total. The lowest BCUT2D eigenvalue weighted by Gasteiger charge is -2.42. The Labute approximate surface area is 205 Å². The molecule has 2 aliphatic heterocycles. The van der Waals surface area contributed by atoms with Gasteiger partial charge in [0.1, 0.15) is 22.6 Å². The van der Waals surface area contributed by atoms with Gasteiger partial charge in [-0.15, -0.1) is 11.3 Å². The molecular formula is C26H21FN4O3S. The fraction of sp³-hybridized carbons (Fsp3) is 0.269. The molecule has 9 heteroatoms. The number of carbonyl (C=O) groups is 2. The van der Waals surface area contributed by atoms with Crippen molar-refractivity contribution in [3.8, 4) is 22.9 Å². The van der Waals surface area contributed by atoms with Crippen molar-refractivity contribution in [1.82, 2.24) is 9.80 Å². The van der Waals surface area contributed by atoms with Crippen LogP contribution in [0, 0.1) is 36.2 Å². The van der Waals surface area contributed by atoms with Crippen LogP contribution >= 0.6 is 11.3 Å². The number of benzene rings is 1. The van der Waals surface area contributed by atoms with Gasteiger partial charge in [0.25, 0.3) is 5.91 Å². The fourth-order valence-electron chi connectivity index (χ4n) is 4.91. The van der Waals surface area contributed by atoms with Crippen molar-refractivity contribution in [2.24, 2.45) is 0 Å². The van der Waals surface area contributed by atoms with Crippen LogP contribution in [0.3, 0.4) is 0 Å². The summed E-state index contributed by atoms with van der Waals surface area (Å²) in [7, 11) is 0. The molecule has 0 saturated carbocycles. The normalized spacial score (nSPS) is 17.4. The number of nitriles is 1. The van der Waals surface area contributed by atoms with Crippen molar-refractivity contribution < 1.29 is 18.7 Å². The molecule has 1 saturated heterocycles. The van der Waals surface area contributed by atoms with Gasteiger partial charge < -0.3 is 20.3 Å². The maximum Gasteiger partial charge on any atom is 0.258 e. The largest absolute Gasteiger partial charge is 0.492 e. The minimum absolute atomic E-state index is 0.137. The zero-order valence-electron chi connectivity index (χ0n) is 19.0. The molecule has 5 rings (SSSR count). The molecule has 2 aromatic carbocycles. The van der Waals surface area contributed by atoms with Gasteiger partial charge in [-0.2, -0.15) is 5.26 Å². The molecular weight excluding hydrogens is 467 g/mol. The van der Waals surface area contributed by atoms with E-state index in [0.717, 1.165) is 0 Å². The van der Waals surface area contributed by atoms with E-state index in [1.54, 1.807) is 22.8 Å². The number of hydrogen-bond donors (Lipinski definition) is 1. The molecule has 35 heavy (non-hydrogen) atoms. The number of carbonyl (C=O) groups excluding carboxylic acids is 2. The van der Waals surface area contributed by atoms with Crippen LogP contribution in [0.25, 0.3) is 21.2 Å². The molecule has 0 bridgehead atoms. The van der Waals surface area contributed by atoms with E-state index in [1.165, 1.54) is 23.5 Å². The Balaban J connectivity index is 1.61. The zero-order chi connectivity index (χ0) is 24.9. The van der Waals surface area contributed by atoms with Crippen LogP contribution in [-0.2, 0) is 4.79 Å². The summed E-state index contributed by atoms with van der Waals surface area (Å²) in [5.74, 6) is -0.835. The van der Waals surface area contributed by atoms with E-state index < -0.39 is 5.82 Å². The van der Waals surface area contributed by atoms with Gasteiger partial charge in [0.2, 0.25) is 5.91 Å². The monoisotopic (exact) mass is 488 g/mol. The number of piperazine rings is 1. The molecule has 0 aliphatic carbocycles. The molecule has 2 aliphatic rings. The number of fused-ring (bicyclic) bond motifs is 3. The Bertz CT molecular complexity index is 1440. The van der Waals surface area contributed by atoms with Gasteiger partial charge in [0, 0.05) is 58.9 Å². The number of nitrogens with two attached hydrogens (primary N) is 1. The predicted octanol–water partition coefficient (Wildman–Crippen LogP) is 3.69. The summed E-state index contributed by atoms with van der Waals surface area (Å²) in [6.45, 7) is 6.61. The quantitative estimate of drug-likeness (QED) is 0.555. The third-order valence-corrected chi connectivity index (χ3v) is 7.57. The number of thiophene rings is 1. The van der Waals surface area contributed by atoms with E-state index >= 15 is 4.39 Å². The highest BCUT2D eigenvalue weighted by Crippen LogP contribution is 2.43. The number of ether oxygens (including phenoxy) is 1. The second kappa shape index (κ2) is 8.61. The van der Waals surface area contributed by atoms with E-state index in [-0.39, 0.29) is 34.5 Å². The van der Waals surface area contributed by atoms with Gasteiger partial charge in [0.15, 0.2) is 0 Å². The van der Waals surface area contributed by atoms with Crippen LogP contribution in [0.4, 0.5) is 9.39 Å². The number of nitrogens with zero attached hydrogens (tertiary/aromatic N) is 3. The second-order valence-corrected chi connectivity index (χ2v) is 9.58. The molecule has 3 heterocycles. The number of amides is 2. The van der Waals surface area contributed by atoms with E-state index in [0.29, 0.717) is 64.6 Å². The van der Waals surface area contributed by atoms with Gasteiger partial charge in [-0.25, -0.2) is 4.39 Å². The minimum atomic E-state index is -0.624. The molecule has 3 aromatic rings. The Morgan fingerprint density at radius 3 is 3.00 bits per heavy atom. The fourth-order valence-corrected chi connectivity index (χ4v) is 5.82. The zero-order valence-corrected chi connectivity index (χ0v) is 19.8. The number of rotatable bonds is 2. The van der Waals surface area contributed by atoms with Gasteiger partial charge >= 0.3 is 0 Å². The van der Waals surface area contributed by atoms with Gasteiger partial charge in [0.05, 0.1) is 23.8 Å². The molecule has 2 amide bonds. The topological polar surface area (TPSA) is 99.7 Å². The molecule has 1 atom stereocenters. The Hall–Kier alpha value is -4.08. The summed E-state index contributed by atoms with van der Waals surface area (Å²) in [6, 6.07) is 10.6. The highest BCUT2D eigenvalue weighted by atomic mass is 32.1. The molecule has 2 N–H and O–H groups in total. The van der Waals surface area contributed by atoms with E-state index in [2.05, 4.69) is 24.8 Å². The van der Waals surface area contributed by atoms with Crippen LogP contribution in [-0.4, -0.2) is 53.9 Å². The Morgan fingerprint density at radius 2 is 2.26 bits per heavy atom. The van der Waals surface area contributed by atoms with Crippen molar-refractivity contribution in [3.05, 3.63) is 59.4 Å². The first-order valence-corrected chi connectivity index (χ1v) is 11.9. The lowest BCUT2D eigenvalue weighted by molar-refractivity contribution is -0.128. The maximum atomic E-state index is 15.7. The summed E-state index contributed by atoms with van der Waals surface area (Å²) in [5.41, 5.74) is 7.43. The number of anilines is 1. The Morgan fingerprint density at radius 1 is 1.46 bits per heavy atom. The molecule has 1 aromatic heterocycles. The van der Waals surface area contributed by atoms with Gasteiger partial charge in [-0.3, -0.25) is 9.59 Å². The SMILES string of the molecule is C=CC(=O)N1CCN2C(=O)c3cc(F)c(-c4c#ccc5sc(N)c(C#N)c45)c(C)c3OCC[C@H]2C1. The van der Waals surface area contributed by atoms with Crippen molar-refractivity contribution in [1.29, 1.82) is 5.26 Å². The van der Waals surface area contributed by atoms with Gasteiger partial charge in [-0.1, -0.05) is 18.7 Å². The average molecular weight is 489 g/mol. The van der Waals surface area contributed by atoms with Crippen molar-refractivity contribution in [3.63, 3.8) is 0 Å². The summed E-state index contributed by atoms with van der Waals surface area (Å²) in [4.78, 5) is 28.9. The third-order valence-electron chi connectivity index (χ3n) is 6.60. The van der Waals surface area contributed by atoms with Crippen molar-refractivity contribution in [2.75, 3.05) is 32.0 Å². The lowest BCUT2D eigenvalue weighted by atomic mass is 9.93. The standard InChI is InChI=1S/C26H21FN4O3S/c1-3-21(32)30-8-9-31-15(13-30)7-10-34-24-14(2)22(19(27)11-17(24)26(31)33)16-5-4-6-20-23(16)18(12-28)25(29)35-20/h3,6,11,15H,1,7-10,13,29H2,2H3/t15-/m0/s1. The number of nitrogen functional groups attached to an aromatic ring is 1. The number of hydrogen-bond acceptors (Lipinski definition) is 6. The van der Waals surface area contributed by atoms with Crippen LogP contribution in [0.2, 0.25) is 0 Å². The van der Waals surface area contributed by atoms with E-state index in [9.17, 15) is 14.9 Å². The summed E-state index contributed by atoms with van der Waals surface area (Å²) < 4.78 is 22.4. The van der Waals surface area contributed by atoms with E-state index in [1.807, 2.05) is 0 Å². The van der Waals surface area contributed by atoms with Crippen LogP contribution in [0.5, 0.6) is 5.75 Å². The molecule has 0 unspecified atom stereocenters. The molecule has 0 radical (unpaired) electrons. The third kappa shape index (κ3) is 3.56. The van der Waals surface area contributed by atoms with Crippen molar-refractivity contribution >= 4 is 38.2 Å². The first-order valence-electron chi connectivity index (χ1n) is 11.1. The highest BCUT2D eigenvalue weighted by Gasteiger charge is 2.36. The predicted molar refractivity (Wildman–Crippen MR) is 130 cm³/mol. The lowest BCUT2D eigenvalue weighted by Crippen LogP contribution is -2.57. The van der Waals surface area contributed by atoms with Crippen LogP contribution < -0.4 is 10.5 Å². The first kappa shape index (κ1) is 22.7. The minimum Gasteiger partial charge on any atom is -0.492 e. The Kier molecular flexibility index (Phi) is 5.58. The van der Waals surface area contributed by atoms with E-state index in [4.69, 9.17) is 10.5 Å². The second-order valence-electron chi connectivity index (χ2n) is 8.49. The smallest absolute Gasteiger partial charge is 0.258 e. The maximum absolute atomic E-state index is 15.7. The molecule has 1 fully saturated rings. The van der Waals surface area contributed by atoms with Gasteiger partial charge in [-0.05, 0) is 19.1 Å². The van der Waals surface area contributed by atoms with Crippen LogP contribution in [0.15, 0.2) is 24.8 Å². The first-order chi connectivity index (χ1) is 16.8. The molecule has 176 valence electrons. The number of halogens is 1. The average Bonchev–Trinajstić information content (AvgIpc) is 3.18. The highest BCUT2D eigenvalue weighted by molar-refractivity contribution is 7.23. The molecule has 0 spiro atoms.